The molecule has 138 valence electrons. The lowest BCUT2D eigenvalue weighted by atomic mass is 9.67. The summed E-state index contributed by atoms with van der Waals surface area (Å²) in [5, 5.41) is 8.10. The van der Waals surface area contributed by atoms with Crippen LogP contribution in [0.3, 0.4) is 0 Å². The molecule has 2 heterocycles. The number of hydrogen-bond donors (Lipinski definition) is 2. The minimum absolute atomic E-state index is 0. The number of carbonyl (C=O) groups excluding carboxylic acids is 1. The van der Waals surface area contributed by atoms with E-state index in [4.69, 9.17) is 5.73 Å². The van der Waals surface area contributed by atoms with Gasteiger partial charge in [-0.2, -0.15) is 0 Å². The quantitative estimate of drug-likeness (QED) is 0.776. The van der Waals surface area contributed by atoms with E-state index in [1.165, 1.54) is 30.6 Å². The maximum Gasteiger partial charge on any atom is 0.271 e. The fourth-order valence-electron chi connectivity index (χ4n) is 4.14. The lowest BCUT2D eigenvalue weighted by Crippen LogP contribution is -2.53. The van der Waals surface area contributed by atoms with Gasteiger partial charge in [0.15, 0.2) is 0 Å². The van der Waals surface area contributed by atoms with Crippen LogP contribution in [0.4, 0.5) is 0 Å². The molecule has 2 bridgehead atoms. The zero-order chi connectivity index (χ0) is 15.8. The Morgan fingerprint density at radius 1 is 1.20 bits per heavy atom. The van der Waals surface area contributed by atoms with Crippen LogP contribution in [-0.2, 0) is 0 Å². The number of aromatic nitrogens is 1. The first kappa shape index (κ1) is 20.6. The zero-order valence-corrected chi connectivity index (χ0v) is 17.0. The van der Waals surface area contributed by atoms with Crippen molar-refractivity contribution in [3.05, 3.63) is 28.6 Å². The summed E-state index contributed by atoms with van der Waals surface area (Å²) in [7, 11) is 0. The van der Waals surface area contributed by atoms with Crippen molar-refractivity contribution in [2.45, 2.75) is 44.2 Å². The summed E-state index contributed by atoms with van der Waals surface area (Å²) in [4.78, 5) is 18.3. The van der Waals surface area contributed by atoms with E-state index in [0.717, 1.165) is 22.7 Å². The molecule has 4 rings (SSSR count). The van der Waals surface area contributed by atoms with Gasteiger partial charge >= 0.3 is 0 Å². The van der Waals surface area contributed by atoms with Gasteiger partial charge in [0.05, 0.1) is 4.88 Å². The Hall–Kier alpha value is -0.660. The average Bonchev–Trinajstić information content (AvgIpc) is 3.19. The van der Waals surface area contributed by atoms with Crippen molar-refractivity contribution in [1.82, 2.24) is 10.3 Å². The molecule has 2 saturated carbocycles. The molecule has 8 heteroatoms. The summed E-state index contributed by atoms with van der Waals surface area (Å²) in [6.07, 6.45) is 5.73. The summed E-state index contributed by atoms with van der Waals surface area (Å²) in [6, 6.07) is 4.64. The number of thiophene rings is 1. The molecular weight excluding hydrogens is 397 g/mol. The average molecular weight is 420 g/mol. The van der Waals surface area contributed by atoms with Gasteiger partial charge in [-0.15, -0.1) is 47.5 Å². The van der Waals surface area contributed by atoms with Crippen LogP contribution in [0.2, 0.25) is 0 Å². The third-order valence-corrected chi connectivity index (χ3v) is 7.02. The Bertz CT molecular complexity index is 678. The fourth-order valence-corrected chi connectivity index (χ4v) is 5.76. The molecule has 0 aromatic carbocycles. The van der Waals surface area contributed by atoms with Gasteiger partial charge in [0.1, 0.15) is 10.7 Å². The van der Waals surface area contributed by atoms with Crippen LogP contribution in [0, 0.1) is 11.8 Å². The number of rotatable bonds is 3. The van der Waals surface area contributed by atoms with Gasteiger partial charge in [-0.25, -0.2) is 4.98 Å². The molecule has 3 N–H and O–H groups in total. The van der Waals surface area contributed by atoms with Crippen molar-refractivity contribution < 1.29 is 4.79 Å². The molecule has 2 aliphatic rings. The molecule has 2 atom stereocenters. The lowest BCUT2D eigenvalue weighted by Gasteiger charge is -2.45. The van der Waals surface area contributed by atoms with E-state index in [2.05, 4.69) is 10.3 Å². The van der Waals surface area contributed by atoms with Gasteiger partial charge in [0, 0.05) is 17.5 Å². The normalized spacial score (nSPS) is 27.7. The number of halogens is 2. The highest BCUT2D eigenvalue weighted by atomic mass is 35.5. The fraction of sp³-hybridized carbons (Fsp3) is 0.529. The lowest BCUT2D eigenvalue weighted by molar-refractivity contribution is 0.0752. The zero-order valence-electron chi connectivity index (χ0n) is 13.7. The SMILES string of the molecule is Cl.Cl.NC1CC2CCCC(C1)C2NC(=O)c1csc(-c2cccs2)n1. The second kappa shape index (κ2) is 8.82. The summed E-state index contributed by atoms with van der Waals surface area (Å²) >= 11 is 3.19. The van der Waals surface area contributed by atoms with Crippen LogP contribution >= 0.6 is 47.5 Å². The Morgan fingerprint density at radius 2 is 1.92 bits per heavy atom. The molecule has 0 radical (unpaired) electrons. The van der Waals surface area contributed by atoms with Crippen LogP contribution < -0.4 is 11.1 Å². The summed E-state index contributed by atoms with van der Waals surface area (Å²) in [5.41, 5.74) is 6.71. The number of nitrogens with zero attached hydrogens (tertiary/aromatic N) is 1. The van der Waals surface area contributed by atoms with Crippen LogP contribution in [0.5, 0.6) is 0 Å². The van der Waals surface area contributed by atoms with Crippen LogP contribution in [0.25, 0.3) is 9.88 Å². The molecule has 2 unspecified atom stereocenters. The van der Waals surface area contributed by atoms with Crippen molar-refractivity contribution in [3.8, 4) is 9.88 Å². The van der Waals surface area contributed by atoms with Crippen molar-refractivity contribution >= 4 is 53.4 Å². The minimum Gasteiger partial charge on any atom is -0.347 e. The first-order chi connectivity index (χ1) is 11.2. The van der Waals surface area contributed by atoms with Crippen molar-refractivity contribution in [2.24, 2.45) is 17.6 Å². The van der Waals surface area contributed by atoms with Crippen LogP contribution in [0.1, 0.15) is 42.6 Å². The van der Waals surface area contributed by atoms with E-state index in [0.29, 0.717) is 23.6 Å². The van der Waals surface area contributed by atoms with Crippen molar-refractivity contribution in [2.75, 3.05) is 0 Å². The summed E-state index contributed by atoms with van der Waals surface area (Å²) in [6.45, 7) is 0. The highest BCUT2D eigenvalue weighted by Crippen LogP contribution is 2.39. The smallest absolute Gasteiger partial charge is 0.271 e. The number of nitrogens with two attached hydrogens (primary N) is 1. The Kier molecular flexibility index (Phi) is 7.29. The Morgan fingerprint density at radius 3 is 2.56 bits per heavy atom. The van der Waals surface area contributed by atoms with Gasteiger partial charge in [0.25, 0.3) is 5.91 Å². The standard InChI is InChI=1S/C17H21N3OS2.2ClH/c18-12-7-10-3-1-4-11(8-12)15(10)20-16(21)13-9-23-17(19-13)14-5-2-6-22-14;;/h2,5-6,9-12,15H,1,3-4,7-8,18H2,(H,20,21);2*1H. The predicted octanol–water partition coefficient (Wildman–Crippen LogP) is 4.35. The highest BCUT2D eigenvalue weighted by molar-refractivity contribution is 7.20. The number of amides is 1. The molecule has 25 heavy (non-hydrogen) atoms. The number of hydrogen-bond acceptors (Lipinski definition) is 5. The topological polar surface area (TPSA) is 68.0 Å². The van der Waals surface area contributed by atoms with E-state index >= 15 is 0 Å². The van der Waals surface area contributed by atoms with E-state index < -0.39 is 0 Å². The maximum absolute atomic E-state index is 12.6. The van der Waals surface area contributed by atoms with Crippen LogP contribution in [-0.4, -0.2) is 23.0 Å². The summed E-state index contributed by atoms with van der Waals surface area (Å²) < 4.78 is 0. The maximum atomic E-state index is 12.6. The van der Waals surface area contributed by atoms with Crippen LogP contribution in [0.15, 0.2) is 22.9 Å². The number of carbonyl (C=O) groups is 1. The van der Waals surface area contributed by atoms with Gasteiger partial charge in [-0.3, -0.25) is 4.79 Å². The number of thiazole rings is 1. The van der Waals surface area contributed by atoms with E-state index in [1.54, 1.807) is 11.3 Å². The molecule has 2 aliphatic carbocycles. The Balaban J connectivity index is 0.00000113. The third-order valence-electron chi connectivity index (χ3n) is 5.14. The van der Waals surface area contributed by atoms with E-state index in [9.17, 15) is 4.79 Å². The molecule has 1 amide bonds. The van der Waals surface area contributed by atoms with Gasteiger partial charge in [0.2, 0.25) is 0 Å². The predicted molar refractivity (Wildman–Crippen MR) is 109 cm³/mol. The van der Waals surface area contributed by atoms with Gasteiger partial charge in [-0.1, -0.05) is 12.5 Å². The van der Waals surface area contributed by atoms with Gasteiger partial charge < -0.3 is 11.1 Å². The molecule has 0 aliphatic heterocycles. The van der Waals surface area contributed by atoms with E-state index in [1.807, 2.05) is 22.9 Å². The van der Waals surface area contributed by atoms with Gasteiger partial charge in [-0.05, 0) is 49.0 Å². The highest BCUT2D eigenvalue weighted by Gasteiger charge is 2.40. The molecule has 4 nitrogen and oxygen atoms in total. The second-order valence-corrected chi connectivity index (χ2v) is 8.50. The molecule has 2 aromatic heterocycles. The summed E-state index contributed by atoms with van der Waals surface area (Å²) in [5.74, 6) is 1.05. The van der Waals surface area contributed by atoms with E-state index in [-0.39, 0.29) is 36.8 Å². The molecule has 2 aromatic rings. The minimum atomic E-state index is -0.0265. The number of fused-ring (bicyclic) bond motifs is 2. The largest absolute Gasteiger partial charge is 0.347 e. The second-order valence-electron chi connectivity index (χ2n) is 6.70. The number of nitrogens with one attached hydrogen (secondary N) is 1. The molecule has 0 saturated heterocycles. The molecule has 2 fully saturated rings. The van der Waals surface area contributed by atoms with Crippen molar-refractivity contribution in [3.63, 3.8) is 0 Å². The Labute approximate surface area is 168 Å². The molecular formula is C17H23Cl2N3OS2. The monoisotopic (exact) mass is 419 g/mol. The third kappa shape index (κ3) is 4.37. The first-order valence-electron chi connectivity index (χ1n) is 8.26. The first-order valence-corrected chi connectivity index (χ1v) is 10.0. The molecule has 0 spiro atoms. The van der Waals surface area contributed by atoms with Crippen molar-refractivity contribution in [1.29, 1.82) is 0 Å².